The molecule has 1 N–H and O–H groups in total. The van der Waals surface area contributed by atoms with Gasteiger partial charge < -0.3 is 10.0 Å². The first-order valence-corrected chi connectivity index (χ1v) is 6.25. The topological polar surface area (TPSA) is 83.7 Å². The SMILES string of the molecule is CN(c1ccccc1)C(C(=O)O)c1cccc([N+](=O)[O-])c1. The van der Waals surface area contributed by atoms with Crippen molar-refractivity contribution in [2.75, 3.05) is 11.9 Å². The van der Waals surface area contributed by atoms with Crippen molar-refractivity contribution in [3.8, 4) is 0 Å². The summed E-state index contributed by atoms with van der Waals surface area (Å²) >= 11 is 0. The highest BCUT2D eigenvalue weighted by atomic mass is 16.6. The second kappa shape index (κ2) is 6.04. The molecular weight excluding hydrogens is 272 g/mol. The van der Waals surface area contributed by atoms with Crippen LogP contribution in [0.15, 0.2) is 54.6 Å². The first kappa shape index (κ1) is 14.5. The Bertz CT molecular complexity index is 658. The summed E-state index contributed by atoms with van der Waals surface area (Å²) in [6, 6.07) is 13.7. The third-order valence-corrected chi connectivity index (χ3v) is 3.18. The lowest BCUT2D eigenvalue weighted by molar-refractivity contribution is -0.384. The zero-order valence-electron chi connectivity index (χ0n) is 11.3. The molecule has 0 spiro atoms. The molecule has 2 rings (SSSR count). The lowest BCUT2D eigenvalue weighted by Crippen LogP contribution is -2.30. The number of carbonyl (C=O) groups is 1. The van der Waals surface area contributed by atoms with Gasteiger partial charge in [-0.05, 0) is 17.7 Å². The molecule has 1 atom stereocenters. The van der Waals surface area contributed by atoms with E-state index in [1.165, 1.54) is 18.2 Å². The quantitative estimate of drug-likeness (QED) is 0.675. The highest BCUT2D eigenvalue weighted by Crippen LogP contribution is 2.27. The average molecular weight is 286 g/mol. The van der Waals surface area contributed by atoms with Crippen molar-refractivity contribution in [3.05, 3.63) is 70.3 Å². The van der Waals surface area contributed by atoms with Gasteiger partial charge in [0.05, 0.1) is 4.92 Å². The summed E-state index contributed by atoms with van der Waals surface area (Å²) in [7, 11) is 1.65. The minimum absolute atomic E-state index is 0.125. The Morgan fingerprint density at radius 1 is 1.19 bits per heavy atom. The number of hydrogen-bond acceptors (Lipinski definition) is 4. The van der Waals surface area contributed by atoms with Crippen molar-refractivity contribution >= 4 is 17.3 Å². The summed E-state index contributed by atoms with van der Waals surface area (Å²) < 4.78 is 0. The Kier molecular flexibility index (Phi) is 4.18. The minimum atomic E-state index is -1.07. The molecule has 0 saturated heterocycles. The Labute approximate surface area is 121 Å². The summed E-state index contributed by atoms with van der Waals surface area (Å²) in [5.41, 5.74) is 0.958. The average Bonchev–Trinajstić information content (AvgIpc) is 2.48. The number of likely N-dealkylation sites (N-methyl/N-ethyl adjacent to an activating group) is 1. The molecule has 0 aliphatic carbocycles. The highest BCUT2D eigenvalue weighted by Gasteiger charge is 2.26. The van der Waals surface area contributed by atoms with E-state index in [1.54, 1.807) is 42.3 Å². The number of nitro groups is 1. The number of carboxylic acids is 1. The van der Waals surface area contributed by atoms with Crippen molar-refractivity contribution < 1.29 is 14.8 Å². The molecule has 0 heterocycles. The second-order valence-electron chi connectivity index (χ2n) is 4.54. The number of anilines is 1. The Balaban J connectivity index is 2.42. The van der Waals surface area contributed by atoms with Crippen LogP contribution in [0.3, 0.4) is 0 Å². The van der Waals surface area contributed by atoms with Gasteiger partial charge >= 0.3 is 5.97 Å². The molecule has 2 aromatic rings. The van der Waals surface area contributed by atoms with Crippen molar-refractivity contribution in [2.24, 2.45) is 0 Å². The zero-order chi connectivity index (χ0) is 15.4. The van der Waals surface area contributed by atoms with E-state index in [0.29, 0.717) is 5.56 Å². The van der Waals surface area contributed by atoms with Crippen LogP contribution in [0, 0.1) is 10.1 Å². The molecule has 0 amide bonds. The fourth-order valence-electron chi connectivity index (χ4n) is 2.15. The van der Waals surface area contributed by atoms with Crippen LogP contribution in [0.5, 0.6) is 0 Å². The summed E-state index contributed by atoms with van der Waals surface area (Å²) in [6.07, 6.45) is 0. The van der Waals surface area contributed by atoms with Gasteiger partial charge in [0.25, 0.3) is 5.69 Å². The van der Waals surface area contributed by atoms with Crippen molar-refractivity contribution in [3.63, 3.8) is 0 Å². The predicted molar refractivity (Wildman–Crippen MR) is 78.3 cm³/mol. The van der Waals surface area contributed by atoms with Crippen molar-refractivity contribution in [2.45, 2.75) is 6.04 Å². The third kappa shape index (κ3) is 3.17. The molecule has 0 saturated carbocycles. The fourth-order valence-corrected chi connectivity index (χ4v) is 2.15. The molecule has 21 heavy (non-hydrogen) atoms. The number of nitrogens with zero attached hydrogens (tertiary/aromatic N) is 2. The predicted octanol–water partition coefficient (Wildman–Crippen LogP) is 2.86. The highest BCUT2D eigenvalue weighted by molar-refractivity contribution is 5.80. The van der Waals surface area contributed by atoms with Gasteiger partial charge in [-0.3, -0.25) is 10.1 Å². The second-order valence-corrected chi connectivity index (χ2v) is 4.54. The Hall–Kier alpha value is -2.89. The largest absolute Gasteiger partial charge is 0.479 e. The Morgan fingerprint density at radius 3 is 2.43 bits per heavy atom. The van der Waals surface area contributed by atoms with E-state index in [4.69, 9.17) is 0 Å². The molecule has 6 nitrogen and oxygen atoms in total. The molecule has 6 heteroatoms. The number of aliphatic carboxylic acids is 1. The molecule has 0 aliphatic heterocycles. The summed E-state index contributed by atoms with van der Waals surface area (Å²) in [6.45, 7) is 0. The van der Waals surface area contributed by atoms with Crippen LogP contribution >= 0.6 is 0 Å². The molecule has 0 bridgehead atoms. The molecule has 0 aromatic heterocycles. The van der Waals surface area contributed by atoms with Gasteiger partial charge in [0.2, 0.25) is 0 Å². The van der Waals surface area contributed by atoms with Crippen molar-refractivity contribution in [1.82, 2.24) is 0 Å². The van der Waals surface area contributed by atoms with E-state index in [9.17, 15) is 20.0 Å². The van der Waals surface area contributed by atoms with Gasteiger partial charge in [-0.15, -0.1) is 0 Å². The van der Waals surface area contributed by atoms with E-state index in [2.05, 4.69) is 0 Å². The summed E-state index contributed by atoms with van der Waals surface area (Å²) in [4.78, 5) is 23.4. The molecule has 1 unspecified atom stereocenters. The maximum Gasteiger partial charge on any atom is 0.331 e. The number of benzene rings is 2. The van der Waals surface area contributed by atoms with E-state index < -0.39 is 16.9 Å². The van der Waals surface area contributed by atoms with Gasteiger partial charge in [0.1, 0.15) is 0 Å². The van der Waals surface area contributed by atoms with Gasteiger partial charge in [-0.25, -0.2) is 4.79 Å². The van der Waals surface area contributed by atoms with E-state index in [0.717, 1.165) is 5.69 Å². The van der Waals surface area contributed by atoms with Gasteiger partial charge in [-0.1, -0.05) is 30.3 Å². The standard InChI is InChI=1S/C15H14N2O4/c1-16(12-7-3-2-4-8-12)14(15(18)19)11-6-5-9-13(10-11)17(20)21/h2-10,14H,1H3,(H,18,19). The molecule has 108 valence electrons. The third-order valence-electron chi connectivity index (χ3n) is 3.18. The molecule has 2 aromatic carbocycles. The molecular formula is C15H14N2O4. The zero-order valence-corrected chi connectivity index (χ0v) is 11.3. The van der Waals surface area contributed by atoms with Crippen LogP contribution in [0.1, 0.15) is 11.6 Å². The minimum Gasteiger partial charge on any atom is -0.479 e. The van der Waals surface area contributed by atoms with Crippen LogP contribution < -0.4 is 4.90 Å². The van der Waals surface area contributed by atoms with Gasteiger partial charge in [-0.2, -0.15) is 0 Å². The first-order valence-electron chi connectivity index (χ1n) is 6.25. The van der Waals surface area contributed by atoms with Crippen molar-refractivity contribution in [1.29, 1.82) is 0 Å². The lowest BCUT2D eigenvalue weighted by atomic mass is 10.0. The molecule has 0 aliphatic rings. The molecule has 0 fully saturated rings. The normalized spacial score (nSPS) is 11.7. The van der Waals surface area contributed by atoms with Gasteiger partial charge in [0, 0.05) is 24.9 Å². The Morgan fingerprint density at radius 2 is 1.86 bits per heavy atom. The van der Waals surface area contributed by atoms with Crippen LogP contribution in [-0.2, 0) is 4.79 Å². The van der Waals surface area contributed by atoms with E-state index in [1.807, 2.05) is 6.07 Å². The number of para-hydroxylation sites is 1. The number of nitro benzene ring substituents is 1. The van der Waals surface area contributed by atoms with E-state index >= 15 is 0 Å². The van der Waals surface area contributed by atoms with E-state index in [-0.39, 0.29) is 5.69 Å². The fraction of sp³-hybridized carbons (Fsp3) is 0.133. The van der Waals surface area contributed by atoms with Gasteiger partial charge in [0.15, 0.2) is 6.04 Å². The number of carboxylic acid groups (broad SMARTS) is 1. The monoisotopic (exact) mass is 286 g/mol. The molecule has 0 radical (unpaired) electrons. The first-order chi connectivity index (χ1) is 10.0. The summed E-state index contributed by atoms with van der Waals surface area (Å²) in [5, 5.41) is 20.3. The van der Waals surface area contributed by atoms with Crippen LogP contribution in [-0.4, -0.2) is 23.0 Å². The smallest absolute Gasteiger partial charge is 0.331 e. The number of rotatable bonds is 5. The van der Waals surface area contributed by atoms with Crippen LogP contribution in [0.25, 0.3) is 0 Å². The lowest BCUT2D eigenvalue weighted by Gasteiger charge is -2.27. The van der Waals surface area contributed by atoms with Crippen LogP contribution in [0.2, 0.25) is 0 Å². The maximum absolute atomic E-state index is 11.6. The number of hydrogen-bond donors (Lipinski definition) is 1. The maximum atomic E-state index is 11.6. The number of non-ortho nitro benzene ring substituents is 1. The summed E-state index contributed by atoms with van der Waals surface area (Å²) in [5.74, 6) is -1.07. The van der Waals surface area contributed by atoms with Crippen LogP contribution in [0.4, 0.5) is 11.4 Å².